The van der Waals surface area contributed by atoms with Crippen molar-refractivity contribution in [1.82, 2.24) is 9.80 Å². The molecule has 3 rings (SSSR count). The summed E-state index contributed by atoms with van der Waals surface area (Å²) < 4.78 is 0. The molecule has 2 atom stereocenters. The average molecular weight is 238 g/mol. The van der Waals surface area contributed by atoms with Crippen LogP contribution in [0.4, 0.5) is 0 Å². The summed E-state index contributed by atoms with van der Waals surface area (Å²) in [5, 5.41) is 10.5. The van der Waals surface area contributed by atoms with Crippen LogP contribution in [-0.4, -0.2) is 58.8 Å². The minimum Gasteiger partial charge on any atom is -0.389 e. The van der Waals surface area contributed by atoms with Crippen LogP contribution < -0.4 is 0 Å². The molecular weight excluding hydrogens is 212 g/mol. The van der Waals surface area contributed by atoms with E-state index in [0.717, 1.165) is 25.4 Å². The summed E-state index contributed by atoms with van der Waals surface area (Å²) in [5.41, 5.74) is -0.366. The Morgan fingerprint density at radius 1 is 1.18 bits per heavy atom. The van der Waals surface area contributed by atoms with Crippen LogP contribution in [0.1, 0.15) is 45.4 Å². The van der Waals surface area contributed by atoms with Crippen molar-refractivity contribution in [2.75, 3.05) is 26.2 Å². The van der Waals surface area contributed by atoms with Gasteiger partial charge in [0.25, 0.3) is 0 Å². The first-order valence-electron chi connectivity index (χ1n) is 7.37. The van der Waals surface area contributed by atoms with Gasteiger partial charge in [0.1, 0.15) is 0 Å². The summed E-state index contributed by atoms with van der Waals surface area (Å²) in [7, 11) is 0. The summed E-state index contributed by atoms with van der Waals surface area (Å²) in [5.74, 6) is 0. The Balaban J connectivity index is 1.62. The molecule has 98 valence electrons. The Morgan fingerprint density at radius 3 is 2.71 bits per heavy atom. The molecule has 2 aliphatic heterocycles. The zero-order valence-electron chi connectivity index (χ0n) is 11.1. The van der Waals surface area contributed by atoms with Crippen LogP contribution in [0, 0.1) is 0 Å². The quantitative estimate of drug-likeness (QED) is 0.789. The molecule has 0 amide bonds. The van der Waals surface area contributed by atoms with Gasteiger partial charge < -0.3 is 5.11 Å². The van der Waals surface area contributed by atoms with Crippen LogP contribution in [0.2, 0.25) is 0 Å². The highest BCUT2D eigenvalue weighted by molar-refractivity contribution is 4.95. The fraction of sp³-hybridized carbons (Fsp3) is 1.00. The number of piperazine rings is 1. The van der Waals surface area contributed by atoms with E-state index in [1.165, 1.54) is 45.3 Å². The lowest BCUT2D eigenvalue weighted by atomic mass is 9.99. The van der Waals surface area contributed by atoms with Crippen molar-refractivity contribution >= 4 is 0 Å². The van der Waals surface area contributed by atoms with E-state index in [1.807, 2.05) is 0 Å². The molecule has 2 heterocycles. The highest BCUT2D eigenvalue weighted by Crippen LogP contribution is 2.32. The van der Waals surface area contributed by atoms with E-state index in [0.29, 0.717) is 6.04 Å². The van der Waals surface area contributed by atoms with Crippen molar-refractivity contribution < 1.29 is 5.11 Å². The summed E-state index contributed by atoms with van der Waals surface area (Å²) in [6.07, 6.45) is 7.20. The molecule has 2 saturated heterocycles. The third-order valence-corrected chi connectivity index (χ3v) is 5.10. The maximum atomic E-state index is 10.5. The molecule has 0 aromatic rings. The molecule has 0 spiro atoms. The summed E-state index contributed by atoms with van der Waals surface area (Å²) in [6, 6.07) is 1.39. The topological polar surface area (TPSA) is 26.7 Å². The van der Waals surface area contributed by atoms with E-state index in [1.54, 1.807) is 0 Å². The van der Waals surface area contributed by atoms with Crippen molar-refractivity contribution in [2.45, 2.75) is 63.1 Å². The van der Waals surface area contributed by atoms with Crippen LogP contribution in [0.15, 0.2) is 0 Å². The molecule has 0 bridgehead atoms. The third-order valence-electron chi connectivity index (χ3n) is 5.10. The van der Waals surface area contributed by atoms with E-state index in [4.69, 9.17) is 0 Å². The van der Waals surface area contributed by atoms with Gasteiger partial charge in [0, 0.05) is 31.7 Å². The fourth-order valence-electron chi connectivity index (χ4n) is 4.04. The third kappa shape index (κ3) is 2.38. The predicted octanol–water partition coefficient (Wildman–Crippen LogP) is 1.46. The summed E-state index contributed by atoms with van der Waals surface area (Å²) in [6.45, 7) is 6.93. The molecule has 3 fully saturated rings. The first kappa shape index (κ1) is 11.9. The Hall–Kier alpha value is -0.120. The Kier molecular flexibility index (Phi) is 3.18. The number of β-amino-alcohol motifs (C(OH)–C–C–N with tert-alkyl or cyclic N) is 1. The van der Waals surface area contributed by atoms with Gasteiger partial charge in [-0.3, -0.25) is 9.80 Å². The molecule has 0 aromatic carbocycles. The summed E-state index contributed by atoms with van der Waals surface area (Å²) in [4.78, 5) is 5.21. The maximum absolute atomic E-state index is 10.5. The molecule has 17 heavy (non-hydrogen) atoms. The highest BCUT2D eigenvalue weighted by Gasteiger charge is 2.39. The number of hydrogen-bond acceptors (Lipinski definition) is 3. The van der Waals surface area contributed by atoms with Crippen molar-refractivity contribution in [3.05, 3.63) is 0 Å². The second-order valence-corrected chi connectivity index (χ2v) is 6.50. The lowest BCUT2D eigenvalue weighted by Crippen LogP contribution is -2.58. The number of aliphatic hydroxyl groups is 1. The molecular formula is C14H26N2O. The van der Waals surface area contributed by atoms with Crippen molar-refractivity contribution in [2.24, 2.45) is 0 Å². The molecule has 3 nitrogen and oxygen atoms in total. The van der Waals surface area contributed by atoms with Gasteiger partial charge in [-0.15, -0.1) is 0 Å². The minimum atomic E-state index is -0.366. The van der Waals surface area contributed by atoms with Crippen molar-refractivity contribution in [3.63, 3.8) is 0 Å². The number of rotatable bonds is 2. The van der Waals surface area contributed by atoms with Gasteiger partial charge in [0.2, 0.25) is 0 Å². The maximum Gasteiger partial charge on any atom is 0.0774 e. The standard InChI is InChI=1S/C14H26N2O/c1-12-9-15-8-4-5-13(15)10-16(12)11-14(17)6-2-3-7-14/h12-13,17H,2-11H2,1H3. The largest absolute Gasteiger partial charge is 0.389 e. The zero-order chi connectivity index (χ0) is 11.9. The van der Waals surface area contributed by atoms with Gasteiger partial charge in [-0.05, 0) is 39.2 Å². The minimum absolute atomic E-state index is 0.366. The van der Waals surface area contributed by atoms with Crippen LogP contribution in [0.5, 0.6) is 0 Å². The van der Waals surface area contributed by atoms with Crippen molar-refractivity contribution in [3.8, 4) is 0 Å². The van der Waals surface area contributed by atoms with E-state index in [-0.39, 0.29) is 5.60 Å². The van der Waals surface area contributed by atoms with Gasteiger partial charge in [-0.25, -0.2) is 0 Å². The highest BCUT2D eigenvalue weighted by atomic mass is 16.3. The molecule has 3 heteroatoms. The Bertz CT molecular complexity index is 275. The number of fused-ring (bicyclic) bond motifs is 1. The zero-order valence-corrected chi connectivity index (χ0v) is 11.1. The van der Waals surface area contributed by atoms with Crippen LogP contribution in [0.3, 0.4) is 0 Å². The molecule has 3 aliphatic rings. The smallest absolute Gasteiger partial charge is 0.0774 e. The van der Waals surface area contributed by atoms with Crippen molar-refractivity contribution in [1.29, 1.82) is 0 Å². The van der Waals surface area contributed by atoms with Gasteiger partial charge in [0.05, 0.1) is 5.60 Å². The molecule has 1 saturated carbocycles. The van der Waals surface area contributed by atoms with E-state index in [2.05, 4.69) is 16.7 Å². The normalized spacial score (nSPS) is 38.5. The molecule has 1 aliphatic carbocycles. The van der Waals surface area contributed by atoms with Crippen LogP contribution >= 0.6 is 0 Å². The summed E-state index contributed by atoms with van der Waals surface area (Å²) >= 11 is 0. The van der Waals surface area contributed by atoms with E-state index in [9.17, 15) is 5.11 Å². The van der Waals surface area contributed by atoms with Gasteiger partial charge in [-0.1, -0.05) is 12.8 Å². The lowest BCUT2D eigenvalue weighted by Gasteiger charge is -2.44. The van der Waals surface area contributed by atoms with Gasteiger partial charge in [-0.2, -0.15) is 0 Å². The molecule has 0 aromatic heterocycles. The second kappa shape index (κ2) is 4.52. The van der Waals surface area contributed by atoms with Crippen LogP contribution in [0.25, 0.3) is 0 Å². The molecule has 2 unspecified atom stereocenters. The second-order valence-electron chi connectivity index (χ2n) is 6.50. The predicted molar refractivity (Wildman–Crippen MR) is 69.0 cm³/mol. The molecule has 1 N–H and O–H groups in total. The molecule has 0 radical (unpaired) electrons. The van der Waals surface area contributed by atoms with Crippen LogP contribution in [-0.2, 0) is 0 Å². The lowest BCUT2D eigenvalue weighted by molar-refractivity contribution is -0.0302. The monoisotopic (exact) mass is 238 g/mol. The number of nitrogens with zero attached hydrogens (tertiary/aromatic N) is 2. The van der Waals surface area contributed by atoms with E-state index >= 15 is 0 Å². The number of hydrogen-bond donors (Lipinski definition) is 1. The Labute approximate surface area is 105 Å². The SMILES string of the molecule is CC1CN2CCCC2CN1CC1(O)CCCC1. The van der Waals surface area contributed by atoms with Gasteiger partial charge >= 0.3 is 0 Å². The average Bonchev–Trinajstić information content (AvgIpc) is 2.88. The van der Waals surface area contributed by atoms with E-state index < -0.39 is 0 Å². The van der Waals surface area contributed by atoms with Gasteiger partial charge in [0.15, 0.2) is 0 Å². The first-order valence-corrected chi connectivity index (χ1v) is 7.37. The fourth-order valence-corrected chi connectivity index (χ4v) is 4.04. The Morgan fingerprint density at radius 2 is 1.94 bits per heavy atom. The first-order chi connectivity index (χ1) is 8.16.